The van der Waals surface area contributed by atoms with E-state index in [-0.39, 0.29) is 24.2 Å². The first-order valence-electron chi connectivity index (χ1n) is 8.57. The number of amides is 1. The van der Waals surface area contributed by atoms with Gasteiger partial charge in [-0.2, -0.15) is 0 Å². The zero-order chi connectivity index (χ0) is 18.4. The first-order valence-corrected chi connectivity index (χ1v) is 8.57. The third-order valence-electron chi connectivity index (χ3n) is 4.08. The van der Waals surface area contributed by atoms with Gasteiger partial charge in [0.25, 0.3) is 0 Å². The number of ether oxygens (including phenoxy) is 1. The minimum absolute atomic E-state index is 0.139. The van der Waals surface area contributed by atoms with Crippen molar-refractivity contribution in [3.05, 3.63) is 84.4 Å². The maximum atomic E-state index is 13.3. The normalized spacial score (nSPS) is 11.8. The number of aromatic nitrogens is 1. The van der Waals surface area contributed by atoms with Crippen LogP contribution < -0.4 is 10.1 Å². The lowest BCUT2D eigenvalue weighted by molar-refractivity contribution is -0.116. The molecule has 1 amide bonds. The first kappa shape index (κ1) is 17.7. The maximum absolute atomic E-state index is 13.3. The van der Waals surface area contributed by atoms with Gasteiger partial charge in [-0.3, -0.25) is 4.79 Å². The van der Waals surface area contributed by atoms with Gasteiger partial charge < -0.3 is 14.6 Å². The molecule has 1 N–H and O–H groups in total. The SMILES string of the molecule is CCOc1ccccc1NC(=O)CC(c1ccc(F)cc1)n1cccc1. The van der Waals surface area contributed by atoms with Crippen molar-refractivity contribution < 1.29 is 13.9 Å². The van der Waals surface area contributed by atoms with Crippen molar-refractivity contribution >= 4 is 11.6 Å². The van der Waals surface area contributed by atoms with E-state index in [2.05, 4.69) is 5.32 Å². The van der Waals surface area contributed by atoms with Crippen molar-refractivity contribution in [2.24, 2.45) is 0 Å². The van der Waals surface area contributed by atoms with Gasteiger partial charge in [0.1, 0.15) is 11.6 Å². The molecule has 3 rings (SSSR count). The van der Waals surface area contributed by atoms with Gasteiger partial charge in [-0.1, -0.05) is 24.3 Å². The van der Waals surface area contributed by atoms with E-state index in [1.807, 2.05) is 60.3 Å². The lowest BCUT2D eigenvalue weighted by Gasteiger charge is -2.20. The molecular weight excluding hydrogens is 331 g/mol. The lowest BCUT2D eigenvalue weighted by atomic mass is 10.0. The molecule has 1 atom stereocenters. The summed E-state index contributed by atoms with van der Waals surface area (Å²) in [6.07, 6.45) is 4.02. The van der Waals surface area contributed by atoms with Gasteiger partial charge >= 0.3 is 0 Å². The van der Waals surface area contributed by atoms with Crippen LogP contribution in [0.25, 0.3) is 0 Å². The van der Waals surface area contributed by atoms with E-state index in [4.69, 9.17) is 4.74 Å². The van der Waals surface area contributed by atoms with E-state index in [9.17, 15) is 9.18 Å². The summed E-state index contributed by atoms with van der Waals surface area (Å²) in [6.45, 7) is 2.42. The molecule has 0 aliphatic rings. The molecule has 0 saturated heterocycles. The standard InChI is InChI=1S/C21H21FN2O2/c1-2-26-20-8-4-3-7-18(20)23-21(25)15-19(24-13-5-6-14-24)16-9-11-17(22)12-10-16/h3-14,19H,2,15H2,1H3,(H,23,25). The van der Waals surface area contributed by atoms with Gasteiger partial charge in [-0.25, -0.2) is 4.39 Å². The molecule has 0 bridgehead atoms. The van der Waals surface area contributed by atoms with Crippen LogP contribution in [0.1, 0.15) is 24.9 Å². The molecule has 0 fully saturated rings. The topological polar surface area (TPSA) is 43.3 Å². The first-order chi connectivity index (χ1) is 12.7. The van der Waals surface area contributed by atoms with Crippen molar-refractivity contribution in [3.63, 3.8) is 0 Å². The number of halogens is 1. The zero-order valence-corrected chi connectivity index (χ0v) is 14.6. The molecule has 4 nitrogen and oxygen atoms in total. The Kier molecular flexibility index (Phi) is 5.69. The fraction of sp³-hybridized carbons (Fsp3) is 0.190. The number of hydrogen-bond donors (Lipinski definition) is 1. The van der Waals surface area contributed by atoms with Gasteiger partial charge in [-0.05, 0) is 48.9 Å². The molecule has 1 heterocycles. The molecule has 0 spiro atoms. The van der Waals surface area contributed by atoms with Crippen molar-refractivity contribution in [2.45, 2.75) is 19.4 Å². The predicted molar refractivity (Wildman–Crippen MR) is 99.8 cm³/mol. The average Bonchev–Trinajstić information content (AvgIpc) is 3.17. The Balaban J connectivity index is 1.79. The van der Waals surface area contributed by atoms with Crippen molar-refractivity contribution in [1.82, 2.24) is 4.57 Å². The van der Waals surface area contributed by atoms with Gasteiger partial charge in [-0.15, -0.1) is 0 Å². The number of rotatable bonds is 7. The molecular formula is C21H21FN2O2. The summed E-state index contributed by atoms with van der Waals surface area (Å²) < 4.78 is 20.8. The lowest BCUT2D eigenvalue weighted by Crippen LogP contribution is -2.20. The Morgan fingerprint density at radius 2 is 1.77 bits per heavy atom. The van der Waals surface area contributed by atoms with E-state index in [0.717, 1.165) is 5.56 Å². The van der Waals surface area contributed by atoms with Gasteiger partial charge in [0.15, 0.2) is 0 Å². The predicted octanol–water partition coefficient (Wildman–Crippen LogP) is 4.64. The van der Waals surface area contributed by atoms with E-state index in [1.165, 1.54) is 12.1 Å². The second-order valence-corrected chi connectivity index (χ2v) is 5.88. The Morgan fingerprint density at radius 1 is 1.08 bits per heavy atom. The second kappa shape index (κ2) is 8.34. The van der Waals surface area contributed by atoms with Crippen LogP contribution in [0.4, 0.5) is 10.1 Å². The fourth-order valence-electron chi connectivity index (χ4n) is 2.86. The molecule has 26 heavy (non-hydrogen) atoms. The number of benzene rings is 2. The summed E-state index contributed by atoms with van der Waals surface area (Å²) in [6, 6.07) is 17.2. The third kappa shape index (κ3) is 4.30. The van der Waals surface area contributed by atoms with Crippen molar-refractivity contribution in [1.29, 1.82) is 0 Å². The van der Waals surface area contributed by atoms with Crippen molar-refractivity contribution in [3.8, 4) is 5.75 Å². The molecule has 0 saturated carbocycles. The van der Waals surface area contributed by atoms with Gasteiger partial charge in [0, 0.05) is 12.4 Å². The molecule has 2 aromatic carbocycles. The highest BCUT2D eigenvalue weighted by molar-refractivity contribution is 5.92. The van der Waals surface area contributed by atoms with Crippen LogP contribution in [0.5, 0.6) is 5.75 Å². The molecule has 0 aliphatic heterocycles. The van der Waals surface area contributed by atoms with E-state index in [1.54, 1.807) is 12.1 Å². The molecule has 0 aliphatic carbocycles. The summed E-state index contributed by atoms with van der Waals surface area (Å²) in [5.74, 6) is 0.206. The van der Waals surface area contributed by atoms with E-state index < -0.39 is 0 Å². The minimum Gasteiger partial charge on any atom is -0.492 e. The Labute approximate surface area is 152 Å². The Bertz CT molecular complexity index is 845. The molecule has 3 aromatic rings. The number of para-hydroxylation sites is 2. The van der Waals surface area contributed by atoms with Crippen LogP contribution in [0.15, 0.2) is 73.1 Å². The third-order valence-corrected chi connectivity index (χ3v) is 4.08. The largest absolute Gasteiger partial charge is 0.492 e. The van der Waals surface area contributed by atoms with Crippen LogP contribution in [0, 0.1) is 5.82 Å². The number of nitrogens with zero attached hydrogens (tertiary/aromatic N) is 1. The van der Waals surface area contributed by atoms with Crippen LogP contribution in [-0.2, 0) is 4.79 Å². The van der Waals surface area contributed by atoms with E-state index >= 15 is 0 Å². The second-order valence-electron chi connectivity index (χ2n) is 5.88. The van der Waals surface area contributed by atoms with Crippen molar-refractivity contribution in [2.75, 3.05) is 11.9 Å². The zero-order valence-electron chi connectivity index (χ0n) is 14.6. The number of anilines is 1. The summed E-state index contributed by atoms with van der Waals surface area (Å²) in [4.78, 5) is 12.7. The molecule has 5 heteroatoms. The summed E-state index contributed by atoms with van der Waals surface area (Å²) in [5, 5.41) is 2.92. The highest BCUT2D eigenvalue weighted by Crippen LogP contribution is 2.27. The Morgan fingerprint density at radius 3 is 2.46 bits per heavy atom. The van der Waals surface area contributed by atoms with Crippen LogP contribution in [0.2, 0.25) is 0 Å². The number of carbonyl (C=O) groups is 1. The van der Waals surface area contributed by atoms with Crippen LogP contribution >= 0.6 is 0 Å². The molecule has 1 unspecified atom stereocenters. The fourth-order valence-corrected chi connectivity index (χ4v) is 2.86. The number of carbonyl (C=O) groups excluding carboxylic acids is 1. The van der Waals surface area contributed by atoms with Crippen LogP contribution in [-0.4, -0.2) is 17.1 Å². The minimum atomic E-state index is -0.296. The van der Waals surface area contributed by atoms with Gasteiger partial charge in [0.2, 0.25) is 5.91 Å². The molecule has 134 valence electrons. The summed E-state index contributed by atoms with van der Waals surface area (Å²) in [7, 11) is 0. The quantitative estimate of drug-likeness (QED) is 0.673. The molecule has 1 aromatic heterocycles. The highest BCUT2D eigenvalue weighted by atomic mass is 19.1. The Hall–Kier alpha value is -3.08. The van der Waals surface area contributed by atoms with Crippen LogP contribution in [0.3, 0.4) is 0 Å². The number of nitrogens with one attached hydrogen (secondary N) is 1. The smallest absolute Gasteiger partial charge is 0.226 e. The summed E-state index contributed by atoms with van der Waals surface area (Å²) >= 11 is 0. The summed E-state index contributed by atoms with van der Waals surface area (Å²) in [5.41, 5.74) is 1.51. The highest BCUT2D eigenvalue weighted by Gasteiger charge is 2.18. The number of hydrogen-bond acceptors (Lipinski definition) is 2. The van der Waals surface area contributed by atoms with Gasteiger partial charge in [0.05, 0.1) is 24.8 Å². The maximum Gasteiger partial charge on any atom is 0.226 e. The monoisotopic (exact) mass is 352 g/mol. The average molecular weight is 352 g/mol. The van der Waals surface area contributed by atoms with E-state index in [0.29, 0.717) is 18.0 Å². The molecule has 0 radical (unpaired) electrons.